The van der Waals surface area contributed by atoms with E-state index in [-0.39, 0.29) is 11.9 Å². The molecule has 0 bridgehead atoms. The van der Waals surface area contributed by atoms with Crippen LogP contribution in [0.1, 0.15) is 53.5 Å². The van der Waals surface area contributed by atoms with Crippen LogP contribution in [0.2, 0.25) is 0 Å². The maximum absolute atomic E-state index is 12.3. The molecule has 1 aromatic carbocycles. The maximum Gasteiger partial charge on any atom is 0.224 e. The van der Waals surface area contributed by atoms with Crippen molar-refractivity contribution in [1.82, 2.24) is 9.78 Å². The Kier molecular flexibility index (Phi) is 6.03. The molecule has 1 aliphatic heterocycles. The Hall–Kier alpha value is -2.34. The summed E-state index contributed by atoms with van der Waals surface area (Å²) in [7, 11) is 0. The molecule has 0 unspecified atom stereocenters. The van der Waals surface area contributed by atoms with E-state index in [1.54, 1.807) is 25.5 Å². The number of ether oxygens (including phenoxy) is 1. The van der Waals surface area contributed by atoms with Crippen LogP contribution in [0.25, 0.3) is 11.1 Å². The number of benzene rings is 1. The summed E-state index contributed by atoms with van der Waals surface area (Å²) < 4.78 is 8.06. The number of aliphatic hydroxyl groups is 1. The molecule has 0 spiro atoms. The van der Waals surface area contributed by atoms with Gasteiger partial charge in [-0.2, -0.15) is 5.10 Å². The highest BCUT2D eigenvalue weighted by molar-refractivity contribution is 5.95. The van der Waals surface area contributed by atoms with E-state index in [0.29, 0.717) is 19.1 Å². The third-order valence-electron chi connectivity index (χ3n) is 5.14. The number of hydrogen-bond donors (Lipinski definition) is 1. The first-order valence-corrected chi connectivity index (χ1v) is 10.4. The molecule has 6 heteroatoms. The van der Waals surface area contributed by atoms with Crippen molar-refractivity contribution in [2.45, 2.75) is 72.6 Å². The first-order valence-electron chi connectivity index (χ1n) is 10.4. The summed E-state index contributed by atoms with van der Waals surface area (Å²) in [4.78, 5) is 14.2. The summed E-state index contributed by atoms with van der Waals surface area (Å²) >= 11 is 0. The van der Waals surface area contributed by atoms with Crippen LogP contribution in [0.4, 0.5) is 5.69 Å². The molecule has 1 atom stereocenters. The highest BCUT2D eigenvalue weighted by Gasteiger charge is 2.30. The number of rotatable bonds is 6. The van der Waals surface area contributed by atoms with Crippen molar-refractivity contribution in [3.8, 4) is 16.9 Å². The molecule has 1 amide bonds. The van der Waals surface area contributed by atoms with Gasteiger partial charge in [0.15, 0.2) is 0 Å². The standard InChI is InChI=1S/C23H33N3O3/c1-15(2)13-29-22-19(18-11-24-25(12-18)14-23(5,6)28)9-10-21-20(22)8-7-16(3)26(21)17(4)27/h9-12,15-16,28H,7-8,13-14H2,1-6H3/t16-/m0/s1. The van der Waals surface area contributed by atoms with Gasteiger partial charge in [-0.1, -0.05) is 13.8 Å². The third-order valence-corrected chi connectivity index (χ3v) is 5.14. The molecule has 1 aliphatic rings. The number of amides is 1. The Morgan fingerprint density at radius 2 is 2.10 bits per heavy atom. The lowest BCUT2D eigenvalue weighted by molar-refractivity contribution is -0.117. The molecule has 2 aromatic rings. The Morgan fingerprint density at radius 1 is 1.38 bits per heavy atom. The molecule has 158 valence electrons. The molecule has 2 heterocycles. The smallest absolute Gasteiger partial charge is 0.224 e. The van der Waals surface area contributed by atoms with E-state index in [9.17, 15) is 9.90 Å². The van der Waals surface area contributed by atoms with Crippen LogP contribution in [0.15, 0.2) is 24.5 Å². The molecular formula is C23H33N3O3. The summed E-state index contributed by atoms with van der Waals surface area (Å²) in [6, 6.07) is 4.23. The average Bonchev–Trinajstić information content (AvgIpc) is 3.04. The quantitative estimate of drug-likeness (QED) is 0.796. The normalized spacial score (nSPS) is 16.8. The minimum absolute atomic E-state index is 0.0546. The fourth-order valence-corrected chi connectivity index (χ4v) is 3.91. The van der Waals surface area contributed by atoms with Crippen LogP contribution in [0, 0.1) is 5.92 Å². The van der Waals surface area contributed by atoms with Gasteiger partial charge < -0.3 is 14.7 Å². The highest BCUT2D eigenvalue weighted by atomic mass is 16.5. The van der Waals surface area contributed by atoms with Crippen molar-refractivity contribution in [3.63, 3.8) is 0 Å². The zero-order valence-corrected chi connectivity index (χ0v) is 18.4. The largest absolute Gasteiger partial charge is 0.492 e. The Morgan fingerprint density at radius 3 is 2.72 bits per heavy atom. The van der Waals surface area contributed by atoms with Gasteiger partial charge >= 0.3 is 0 Å². The van der Waals surface area contributed by atoms with Crippen molar-refractivity contribution < 1.29 is 14.6 Å². The van der Waals surface area contributed by atoms with Crippen molar-refractivity contribution in [3.05, 3.63) is 30.1 Å². The summed E-state index contributed by atoms with van der Waals surface area (Å²) in [5, 5.41) is 14.5. The van der Waals surface area contributed by atoms with Gasteiger partial charge in [-0.3, -0.25) is 9.48 Å². The van der Waals surface area contributed by atoms with Gasteiger partial charge in [0.1, 0.15) is 5.75 Å². The van der Waals surface area contributed by atoms with Crippen LogP contribution in [-0.2, 0) is 17.8 Å². The topological polar surface area (TPSA) is 67.6 Å². The van der Waals surface area contributed by atoms with Gasteiger partial charge in [-0.05, 0) is 51.7 Å². The number of carbonyl (C=O) groups excluding carboxylic acids is 1. The number of anilines is 1. The van der Waals surface area contributed by atoms with Gasteiger partial charge in [-0.25, -0.2) is 0 Å². The number of hydrogen-bond acceptors (Lipinski definition) is 4. The summed E-state index contributed by atoms with van der Waals surface area (Å²) in [6.45, 7) is 12.5. The number of fused-ring (bicyclic) bond motifs is 1. The van der Waals surface area contributed by atoms with Crippen molar-refractivity contribution in [2.24, 2.45) is 5.92 Å². The SMILES string of the molecule is CC(=O)N1c2ccc(-c3cnn(CC(C)(C)O)c3)c(OCC(C)C)c2CC[C@@H]1C. The van der Waals surface area contributed by atoms with Gasteiger partial charge in [0.25, 0.3) is 0 Å². The minimum Gasteiger partial charge on any atom is -0.492 e. The number of carbonyl (C=O) groups is 1. The number of aromatic nitrogens is 2. The Balaban J connectivity index is 2.07. The zero-order chi connectivity index (χ0) is 21.3. The van der Waals surface area contributed by atoms with E-state index in [2.05, 4.69) is 25.9 Å². The van der Waals surface area contributed by atoms with E-state index in [0.717, 1.165) is 41.0 Å². The fourth-order valence-electron chi connectivity index (χ4n) is 3.91. The summed E-state index contributed by atoms with van der Waals surface area (Å²) in [6.07, 6.45) is 5.53. The summed E-state index contributed by atoms with van der Waals surface area (Å²) in [5.74, 6) is 1.29. The molecule has 0 saturated carbocycles. The molecule has 1 aromatic heterocycles. The first kappa shape index (κ1) is 21.4. The van der Waals surface area contributed by atoms with E-state index in [1.165, 1.54) is 0 Å². The molecule has 0 radical (unpaired) electrons. The first-order chi connectivity index (χ1) is 13.6. The number of nitrogens with zero attached hydrogens (tertiary/aromatic N) is 3. The lowest BCUT2D eigenvalue weighted by Gasteiger charge is -2.36. The molecule has 3 rings (SSSR count). The second-order valence-corrected chi connectivity index (χ2v) is 9.16. The van der Waals surface area contributed by atoms with Crippen molar-refractivity contribution in [2.75, 3.05) is 11.5 Å². The second-order valence-electron chi connectivity index (χ2n) is 9.16. The molecule has 29 heavy (non-hydrogen) atoms. The lowest BCUT2D eigenvalue weighted by atomic mass is 9.92. The lowest BCUT2D eigenvalue weighted by Crippen LogP contribution is -2.40. The molecule has 0 saturated heterocycles. The molecule has 1 N–H and O–H groups in total. The van der Waals surface area contributed by atoms with Gasteiger partial charge in [-0.15, -0.1) is 0 Å². The predicted octanol–water partition coefficient (Wildman–Crippen LogP) is 4.04. The monoisotopic (exact) mass is 399 g/mol. The van der Waals surface area contributed by atoms with Crippen LogP contribution in [-0.4, -0.2) is 39.0 Å². The van der Waals surface area contributed by atoms with E-state index < -0.39 is 5.60 Å². The maximum atomic E-state index is 12.3. The van der Waals surface area contributed by atoms with E-state index in [4.69, 9.17) is 4.74 Å². The van der Waals surface area contributed by atoms with Crippen LogP contribution >= 0.6 is 0 Å². The molecule has 0 aliphatic carbocycles. The van der Waals surface area contributed by atoms with Gasteiger partial charge in [0, 0.05) is 35.9 Å². The highest BCUT2D eigenvalue weighted by Crippen LogP contribution is 2.43. The predicted molar refractivity (Wildman–Crippen MR) is 115 cm³/mol. The summed E-state index contributed by atoms with van der Waals surface area (Å²) in [5.41, 5.74) is 3.12. The Bertz CT molecular complexity index is 880. The van der Waals surface area contributed by atoms with E-state index in [1.807, 2.05) is 29.4 Å². The second kappa shape index (κ2) is 8.19. The van der Waals surface area contributed by atoms with Gasteiger partial charge in [0.05, 0.1) is 30.6 Å². The zero-order valence-electron chi connectivity index (χ0n) is 18.4. The van der Waals surface area contributed by atoms with Crippen LogP contribution in [0.5, 0.6) is 5.75 Å². The minimum atomic E-state index is -0.839. The van der Waals surface area contributed by atoms with E-state index >= 15 is 0 Å². The Labute approximate surface area is 173 Å². The van der Waals surface area contributed by atoms with Crippen molar-refractivity contribution in [1.29, 1.82) is 0 Å². The average molecular weight is 400 g/mol. The van der Waals surface area contributed by atoms with Gasteiger partial charge in [0.2, 0.25) is 5.91 Å². The van der Waals surface area contributed by atoms with Crippen LogP contribution < -0.4 is 9.64 Å². The molecule has 0 fully saturated rings. The molecule has 6 nitrogen and oxygen atoms in total. The fraction of sp³-hybridized carbons (Fsp3) is 0.565. The van der Waals surface area contributed by atoms with Crippen LogP contribution in [0.3, 0.4) is 0 Å². The molecular weight excluding hydrogens is 366 g/mol. The van der Waals surface area contributed by atoms with Crippen molar-refractivity contribution >= 4 is 11.6 Å². The third kappa shape index (κ3) is 4.81.